The molecule has 0 bridgehead atoms. The largest absolute Gasteiger partial charge is 0.381 e. The summed E-state index contributed by atoms with van der Waals surface area (Å²) in [5.41, 5.74) is 0.503. The SMILES string of the molecule is CN(C)C(=O)N1CCC(N(CCN(C)C(=O)c2ccn[nH]2)C2CCOCC2)C1. The zero-order valence-electron chi connectivity index (χ0n) is 17.1. The van der Waals surface area contributed by atoms with Crippen LogP contribution in [0.3, 0.4) is 0 Å². The molecule has 2 aliphatic rings. The van der Waals surface area contributed by atoms with E-state index in [1.807, 2.05) is 11.9 Å². The van der Waals surface area contributed by atoms with Gasteiger partial charge >= 0.3 is 6.03 Å². The molecular weight excluding hydrogens is 360 g/mol. The molecule has 1 atom stereocenters. The summed E-state index contributed by atoms with van der Waals surface area (Å²) in [6, 6.07) is 2.52. The summed E-state index contributed by atoms with van der Waals surface area (Å²) < 4.78 is 5.54. The van der Waals surface area contributed by atoms with Crippen molar-refractivity contribution in [2.75, 3.05) is 60.5 Å². The van der Waals surface area contributed by atoms with Gasteiger partial charge in [-0.2, -0.15) is 5.10 Å². The third-order valence-electron chi connectivity index (χ3n) is 5.72. The number of H-pyrrole nitrogens is 1. The van der Waals surface area contributed by atoms with E-state index in [1.165, 1.54) is 0 Å². The van der Waals surface area contributed by atoms with Crippen molar-refractivity contribution in [1.82, 2.24) is 29.8 Å². The Labute approximate surface area is 166 Å². The number of nitrogens with zero attached hydrogens (tertiary/aromatic N) is 5. The summed E-state index contributed by atoms with van der Waals surface area (Å²) in [7, 11) is 5.41. The second kappa shape index (κ2) is 9.38. The first-order valence-corrected chi connectivity index (χ1v) is 10.0. The lowest BCUT2D eigenvalue weighted by Crippen LogP contribution is -2.50. The first-order chi connectivity index (χ1) is 13.5. The minimum absolute atomic E-state index is 0.0553. The molecule has 1 N–H and O–H groups in total. The molecule has 3 heterocycles. The van der Waals surface area contributed by atoms with Crippen LogP contribution in [0.5, 0.6) is 0 Å². The standard InChI is InChI=1S/C19H32N6O3/c1-22(2)19(27)24-9-5-16(14-24)25(15-6-12-28-13-7-15)11-10-23(3)18(26)17-4-8-20-21-17/h4,8,15-16H,5-7,9-14H2,1-3H3,(H,20,21). The maximum absolute atomic E-state index is 12.5. The van der Waals surface area contributed by atoms with Crippen LogP contribution < -0.4 is 0 Å². The van der Waals surface area contributed by atoms with Crippen LogP contribution in [0.15, 0.2) is 12.3 Å². The van der Waals surface area contributed by atoms with E-state index in [0.717, 1.165) is 52.1 Å². The molecule has 2 fully saturated rings. The molecule has 9 nitrogen and oxygen atoms in total. The minimum Gasteiger partial charge on any atom is -0.381 e. The van der Waals surface area contributed by atoms with Crippen molar-refractivity contribution >= 4 is 11.9 Å². The minimum atomic E-state index is -0.0553. The van der Waals surface area contributed by atoms with Crippen LogP contribution in [-0.4, -0.2) is 114 Å². The predicted octanol–water partition coefficient (Wildman–Crippen LogP) is 0.719. The Morgan fingerprint density at radius 1 is 1.18 bits per heavy atom. The lowest BCUT2D eigenvalue weighted by atomic mass is 10.0. The van der Waals surface area contributed by atoms with Gasteiger partial charge in [0.25, 0.3) is 5.91 Å². The maximum Gasteiger partial charge on any atom is 0.319 e. The number of amides is 3. The maximum atomic E-state index is 12.5. The molecule has 2 saturated heterocycles. The Bertz CT molecular complexity index is 644. The molecule has 0 radical (unpaired) electrons. The number of ether oxygens (including phenoxy) is 1. The molecule has 1 unspecified atom stereocenters. The normalized spacial score (nSPS) is 20.6. The first kappa shape index (κ1) is 20.6. The third kappa shape index (κ3) is 4.82. The molecule has 3 amide bonds. The van der Waals surface area contributed by atoms with E-state index < -0.39 is 0 Å². The van der Waals surface area contributed by atoms with E-state index >= 15 is 0 Å². The van der Waals surface area contributed by atoms with Crippen LogP contribution >= 0.6 is 0 Å². The molecule has 28 heavy (non-hydrogen) atoms. The van der Waals surface area contributed by atoms with Gasteiger partial charge in [-0.25, -0.2) is 4.79 Å². The second-order valence-corrected chi connectivity index (χ2v) is 7.84. The quantitative estimate of drug-likeness (QED) is 0.771. The van der Waals surface area contributed by atoms with Crippen molar-refractivity contribution in [2.24, 2.45) is 0 Å². The van der Waals surface area contributed by atoms with Gasteiger partial charge in [-0.1, -0.05) is 0 Å². The number of hydrogen-bond acceptors (Lipinski definition) is 5. The molecule has 1 aromatic rings. The fraction of sp³-hybridized carbons (Fsp3) is 0.737. The summed E-state index contributed by atoms with van der Waals surface area (Å²) in [4.78, 5) is 32.6. The highest BCUT2D eigenvalue weighted by molar-refractivity contribution is 5.91. The van der Waals surface area contributed by atoms with E-state index in [-0.39, 0.29) is 11.9 Å². The average Bonchev–Trinajstić information content (AvgIpc) is 3.40. The molecule has 9 heteroatoms. The van der Waals surface area contributed by atoms with E-state index in [9.17, 15) is 9.59 Å². The average molecular weight is 393 g/mol. The topological polar surface area (TPSA) is 85.0 Å². The van der Waals surface area contributed by atoms with Crippen LogP contribution in [0.1, 0.15) is 29.8 Å². The van der Waals surface area contributed by atoms with Gasteiger partial charge in [0.15, 0.2) is 0 Å². The van der Waals surface area contributed by atoms with Gasteiger partial charge in [0.2, 0.25) is 0 Å². The molecule has 3 rings (SSSR count). The number of nitrogens with one attached hydrogen (secondary N) is 1. The van der Waals surface area contributed by atoms with Crippen molar-refractivity contribution in [3.8, 4) is 0 Å². The molecule has 0 spiro atoms. The van der Waals surface area contributed by atoms with Crippen molar-refractivity contribution in [1.29, 1.82) is 0 Å². The number of aromatic nitrogens is 2. The van der Waals surface area contributed by atoms with Gasteiger partial charge in [0.05, 0.1) is 0 Å². The van der Waals surface area contributed by atoms with Crippen LogP contribution in [0, 0.1) is 0 Å². The van der Waals surface area contributed by atoms with Gasteiger partial charge in [0.1, 0.15) is 5.69 Å². The summed E-state index contributed by atoms with van der Waals surface area (Å²) in [6.07, 6.45) is 4.55. The number of rotatable bonds is 6. The van der Waals surface area contributed by atoms with Gasteiger partial charge < -0.3 is 19.4 Å². The van der Waals surface area contributed by atoms with Crippen LogP contribution in [0.2, 0.25) is 0 Å². The fourth-order valence-electron chi connectivity index (χ4n) is 4.10. The lowest BCUT2D eigenvalue weighted by molar-refractivity contribution is 0.0151. The molecule has 0 aromatic carbocycles. The lowest BCUT2D eigenvalue weighted by Gasteiger charge is -2.39. The Morgan fingerprint density at radius 3 is 2.57 bits per heavy atom. The molecule has 156 valence electrons. The molecule has 0 saturated carbocycles. The predicted molar refractivity (Wildman–Crippen MR) is 105 cm³/mol. The monoisotopic (exact) mass is 392 g/mol. The van der Waals surface area contributed by atoms with Gasteiger partial charge in [-0.05, 0) is 25.3 Å². The Morgan fingerprint density at radius 2 is 1.93 bits per heavy atom. The van der Waals surface area contributed by atoms with E-state index in [2.05, 4.69) is 15.1 Å². The molecule has 1 aromatic heterocycles. The van der Waals surface area contributed by atoms with Crippen molar-refractivity contribution in [3.05, 3.63) is 18.0 Å². The van der Waals surface area contributed by atoms with Crippen LogP contribution in [-0.2, 0) is 4.74 Å². The highest BCUT2D eigenvalue weighted by Gasteiger charge is 2.35. The number of likely N-dealkylation sites (tertiary alicyclic amines) is 1. The van der Waals surface area contributed by atoms with Crippen molar-refractivity contribution < 1.29 is 14.3 Å². The second-order valence-electron chi connectivity index (χ2n) is 7.84. The zero-order valence-corrected chi connectivity index (χ0v) is 17.1. The molecule has 0 aliphatic carbocycles. The fourth-order valence-corrected chi connectivity index (χ4v) is 4.10. The first-order valence-electron chi connectivity index (χ1n) is 10.0. The number of carbonyl (C=O) groups is 2. The van der Waals surface area contributed by atoms with Gasteiger partial charge in [-0.3, -0.25) is 14.8 Å². The van der Waals surface area contributed by atoms with Crippen molar-refractivity contribution in [3.63, 3.8) is 0 Å². The van der Waals surface area contributed by atoms with Gasteiger partial charge in [-0.15, -0.1) is 0 Å². The van der Waals surface area contributed by atoms with E-state index in [1.54, 1.807) is 36.2 Å². The zero-order chi connectivity index (χ0) is 20.1. The number of hydrogen-bond donors (Lipinski definition) is 1. The molecular formula is C19H32N6O3. The number of likely N-dealkylation sites (N-methyl/N-ethyl adjacent to an activating group) is 1. The van der Waals surface area contributed by atoms with Crippen molar-refractivity contribution in [2.45, 2.75) is 31.3 Å². The number of aromatic amines is 1. The van der Waals surface area contributed by atoms with E-state index in [4.69, 9.17) is 4.74 Å². The van der Waals surface area contributed by atoms with Crippen LogP contribution in [0.4, 0.5) is 4.79 Å². The molecule has 2 aliphatic heterocycles. The third-order valence-corrected chi connectivity index (χ3v) is 5.72. The Hall–Kier alpha value is -2.13. The number of carbonyl (C=O) groups excluding carboxylic acids is 2. The highest BCUT2D eigenvalue weighted by Crippen LogP contribution is 2.23. The summed E-state index contributed by atoms with van der Waals surface area (Å²) >= 11 is 0. The highest BCUT2D eigenvalue weighted by atomic mass is 16.5. The van der Waals surface area contributed by atoms with E-state index in [0.29, 0.717) is 24.3 Å². The van der Waals surface area contributed by atoms with Gasteiger partial charge in [0, 0.05) is 78.8 Å². The number of urea groups is 1. The summed E-state index contributed by atoms with van der Waals surface area (Å²) in [5.74, 6) is -0.0553. The summed E-state index contributed by atoms with van der Waals surface area (Å²) in [6.45, 7) is 4.49. The smallest absolute Gasteiger partial charge is 0.319 e. The summed E-state index contributed by atoms with van der Waals surface area (Å²) in [5, 5.41) is 6.59. The Kier molecular flexibility index (Phi) is 6.90. The van der Waals surface area contributed by atoms with Crippen LogP contribution in [0.25, 0.3) is 0 Å². The Balaban J connectivity index is 1.62.